The average Bonchev–Trinajstić information content (AvgIpc) is 2.94. The lowest BCUT2D eigenvalue weighted by Crippen LogP contribution is -2.42. The van der Waals surface area contributed by atoms with Gasteiger partial charge in [0.15, 0.2) is 0 Å². The SMILES string of the molecule is Cc1ccc(C(=O)N(CCCN)C(c2nc(C)c(-c3ccccc3F)c(=O)n2Cc2ccccc2)C(C)C)cc1. The Hall–Kier alpha value is -4.10. The highest BCUT2D eigenvalue weighted by atomic mass is 19.1. The van der Waals surface area contributed by atoms with Gasteiger partial charge >= 0.3 is 0 Å². The van der Waals surface area contributed by atoms with Crippen LogP contribution in [0.25, 0.3) is 11.1 Å². The zero-order chi connectivity index (χ0) is 28.8. The van der Waals surface area contributed by atoms with Crippen molar-refractivity contribution in [2.75, 3.05) is 13.1 Å². The van der Waals surface area contributed by atoms with E-state index in [0.29, 0.717) is 36.6 Å². The maximum atomic E-state index is 14.9. The van der Waals surface area contributed by atoms with E-state index in [-0.39, 0.29) is 35.1 Å². The Morgan fingerprint density at radius 2 is 1.62 bits per heavy atom. The Bertz CT molecular complexity index is 1510. The summed E-state index contributed by atoms with van der Waals surface area (Å²) in [6.07, 6.45) is 0.593. The third-order valence-electron chi connectivity index (χ3n) is 7.10. The Morgan fingerprint density at radius 3 is 2.25 bits per heavy atom. The topological polar surface area (TPSA) is 81.2 Å². The maximum Gasteiger partial charge on any atom is 0.262 e. The lowest BCUT2D eigenvalue weighted by Gasteiger charge is -2.36. The third kappa shape index (κ3) is 6.20. The van der Waals surface area contributed by atoms with Crippen molar-refractivity contribution < 1.29 is 9.18 Å². The van der Waals surface area contributed by atoms with Gasteiger partial charge < -0.3 is 10.6 Å². The Balaban J connectivity index is 1.95. The zero-order valence-corrected chi connectivity index (χ0v) is 23.6. The molecule has 4 aromatic rings. The van der Waals surface area contributed by atoms with Gasteiger partial charge in [-0.05, 0) is 56.5 Å². The van der Waals surface area contributed by atoms with Crippen LogP contribution in [0.1, 0.15) is 59.3 Å². The second-order valence-electron chi connectivity index (χ2n) is 10.5. The van der Waals surface area contributed by atoms with E-state index in [0.717, 1.165) is 11.1 Å². The van der Waals surface area contributed by atoms with Gasteiger partial charge in [-0.15, -0.1) is 0 Å². The van der Waals surface area contributed by atoms with E-state index in [2.05, 4.69) is 0 Å². The first kappa shape index (κ1) is 28.9. The highest BCUT2D eigenvalue weighted by molar-refractivity contribution is 5.94. The molecule has 1 amide bonds. The number of rotatable bonds is 10. The summed E-state index contributed by atoms with van der Waals surface area (Å²) >= 11 is 0. The van der Waals surface area contributed by atoms with E-state index in [9.17, 15) is 14.0 Å². The number of aryl methyl sites for hydroxylation is 2. The van der Waals surface area contributed by atoms with Crippen LogP contribution in [-0.2, 0) is 6.54 Å². The molecule has 1 unspecified atom stereocenters. The van der Waals surface area contributed by atoms with Gasteiger partial charge in [0.1, 0.15) is 11.6 Å². The summed E-state index contributed by atoms with van der Waals surface area (Å²) in [5.74, 6) is -0.245. The first-order valence-corrected chi connectivity index (χ1v) is 13.7. The molecule has 1 aromatic heterocycles. The van der Waals surface area contributed by atoms with Crippen molar-refractivity contribution in [2.45, 2.75) is 46.7 Å². The number of aromatic nitrogens is 2. The maximum absolute atomic E-state index is 14.9. The number of carbonyl (C=O) groups is 1. The summed E-state index contributed by atoms with van der Waals surface area (Å²) in [5.41, 5.74) is 8.91. The van der Waals surface area contributed by atoms with Gasteiger partial charge in [0, 0.05) is 17.7 Å². The largest absolute Gasteiger partial charge is 0.330 e. The van der Waals surface area contributed by atoms with Gasteiger partial charge in [0.05, 0.1) is 23.8 Å². The van der Waals surface area contributed by atoms with E-state index in [1.165, 1.54) is 6.07 Å². The van der Waals surface area contributed by atoms with Gasteiger partial charge in [0.25, 0.3) is 11.5 Å². The monoisotopic (exact) mass is 540 g/mol. The van der Waals surface area contributed by atoms with Crippen molar-refractivity contribution in [3.8, 4) is 11.1 Å². The van der Waals surface area contributed by atoms with Crippen molar-refractivity contribution in [2.24, 2.45) is 11.7 Å². The molecule has 0 aliphatic rings. The van der Waals surface area contributed by atoms with Gasteiger partial charge in [-0.2, -0.15) is 0 Å². The Kier molecular flexibility index (Phi) is 9.27. The summed E-state index contributed by atoms with van der Waals surface area (Å²) in [6, 6.07) is 22.8. The standard InChI is InChI=1S/C33H37FN4O2/c1-22(2)30(37(20-10-19-35)32(39)26-17-15-23(3)16-18-26)31-36-24(4)29(27-13-8-9-14-28(27)34)33(40)38(31)21-25-11-6-5-7-12-25/h5-9,11-18,22,30H,10,19-21,35H2,1-4H3. The van der Waals surface area contributed by atoms with Crippen molar-refractivity contribution >= 4 is 5.91 Å². The van der Waals surface area contributed by atoms with Crippen molar-refractivity contribution in [3.05, 3.63) is 123 Å². The summed E-state index contributed by atoms with van der Waals surface area (Å²) < 4.78 is 16.5. The smallest absolute Gasteiger partial charge is 0.262 e. The molecule has 40 heavy (non-hydrogen) atoms. The molecule has 0 saturated carbocycles. The summed E-state index contributed by atoms with van der Waals surface area (Å²) in [4.78, 5) is 35.0. The van der Waals surface area contributed by atoms with Crippen LogP contribution in [0.5, 0.6) is 0 Å². The number of hydrogen-bond donors (Lipinski definition) is 1. The van der Waals surface area contributed by atoms with E-state index in [4.69, 9.17) is 10.7 Å². The fraction of sp³-hybridized carbons (Fsp3) is 0.303. The van der Waals surface area contributed by atoms with Crippen LogP contribution in [0.4, 0.5) is 4.39 Å². The van der Waals surface area contributed by atoms with Gasteiger partial charge in [0.2, 0.25) is 0 Å². The quantitative estimate of drug-likeness (QED) is 0.271. The zero-order valence-electron chi connectivity index (χ0n) is 23.6. The molecular formula is C33H37FN4O2. The molecule has 3 aromatic carbocycles. The van der Waals surface area contributed by atoms with Crippen molar-refractivity contribution in [3.63, 3.8) is 0 Å². The van der Waals surface area contributed by atoms with E-state index >= 15 is 0 Å². The minimum Gasteiger partial charge on any atom is -0.330 e. The molecule has 0 aliphatic heterocycles. The molecule has 2 N–H and O–H groups in total. The lowest BCUT2D eigenvalue weighted by atomic mass is 9.97. The minimum absolute atomic E-state index is 0.0835. The lowest BCUT2D eigenvalue weighted by molar-refractivity contribution is 0.0602. The highest BCUT2D eigenvalue weighted by Gasteiger charge is 2.33. The molecule has 1 atom stereocenters. The summed E-state index contributed by atoms with van der Waals surface area (Å²) in [5, 5.41) is 0. The summed E-state index contributed by atoms with van der Waals surface area (Å²) in [6.45, 7) is 8.78. The van der Waals surface area contributed by atoms with E-state index in [1.54, 1.807) is 34.6 Å². The molecule has 0 radical (unpaired) electrons. The van der Waals surface area contributed by atoms with Crippen LogP contribution < -0.4 is 11.3 Å². The first-order chi connectivity index (χ1) is 19.2. The van der Waals surface area contributed by atoms with Crippen molar-refractivity contribution in [1.82, 2.24) is 14.5 Å². The van der Waals surface area contributed by atoms with Gasteiger partial charge in [-0.25, -0.2) is 9.37 Å². The predicted molar refractivity (Wildman–Crippen MR) is 158 cm³/mol. The fourth-order valence-corrected chi connectivity index (χ4v) is 5.09. The van der Waals surface area contributed by atoms with Crippen LogP contribution in [-0.4, -0.2) is 33.4 Å². The number of nitrogens with two attached hydrogens (primary N) is 1. The van der Waals surface area contributed by atoms with Crippen LogP contribution in [0, 0.1) is 25.6 Å². The first-order valence-electron chi connectivity index (χ1n) is 13.7. The molecule has 0 spiro atoms. The normalized spacial score (nSPS) is 12.0. The van der Waals surface area contributed by atoms with Crippen LogP contribution >= 0.6 is 0 Å². The van der Waals surface area contributed by atoms with Crippen LogP contribution in [0.3, 0.4) is 0 Å². The number of hydrogen-bond acceptors (Lipinski definition) is 4. The molecule has 7 heteroatoms. The number of benzene rings is 3. The number of halogens is 1. The Labute approximate surface area is 235 Å². The number of carbonyl (C=O) groups excluding carboxylic acids is 1. The third-order valence-corrected chi connectivity index (χ3v) is 7.10. The van der Waals surface area contributed by atoms with E-state index < -0.39 is 11.9 Å². The van der Waals surface area contributed by atoms with Gasteiger partial charge in [-0.1, -0.05) is 80.1 Å². The molecule has 4 rings (SSSR count). The minimum atomic E-state index is -0.523. The van der Waals surface area contributed by atoms with E-state index in [1.807, 2.05) is 75.4 Å². The molecule has 0 aliphatic carbocycles. The van der Waals surface area contributed by atoms with Gasteiger partial charge in [-0.3, -0.25) is 14.2 Å². The van der Waals surface area contributed by atoms with Crippen LogP contribution in [0.15, 0.2) is 83.7 Å². The second kappa shape index (κ2) is 12.8. The number of nitrogens with zero attached hydrogens (tertiary/aromatic N) is 3. The molecule has 208 valence electrons. The fourth-order valence-electron chi connectivity index (χ4n) is 5.09. The summed E-state index contributed by atoms with van der Waals surface area (Å²) in [7, 11) is 0. The molecule has 0 bridgehead atoms. The Morgan fingerprint density at radius 1 is 0.975 bits per heavy atom. The highest BCUT2D eigenvalue weighted by Crippen LogP contribution is 2.31. The predicted octanol–water partition coefficient (Wildman–Crippen LogP) is 5.90. The van der Waals surface area contributed by atoms with Crippen LogP contribution in [0.2, 0.25) is 0 Å². The molecule has 6 nitrogen and oxygen atoms in total. The molecule has 0 fully saturated rings. The van der Waals surface area contributed by atoms with Crippen molar-refractivity contribution in [1.29, 1.82) is 0 Å². The number of amides is 1. The molecule has 1 heterocycles. The molecular weight excluding hydrogens is 503 g/mol. The average molecular weight is 541 g/mol. The second-order valence-corrected chi connectivity index (χ2v) is 10.5. The molecule has 0 saturated heterocycles.